The molecule has 1 amide bonds. The highest BCUT2D eigenvalue weighted by molar-refractivity contribution is 7.15. The number of rotatable bonds is 5. The number of aromatic nitrogens is 2. The van der Waals surface area contributed by atoms with Gasteiger partial charge in [-0.05, 0) is 38.3 Å². The lowest BCUT2D eigenvalue weighted by Gasteiger charge is -2.29. The maximum atomic E-state index is 11.9. The molecule has 106 valence electrons. The highest BCUT2D eigenvalue weighted by atomic mass is 32.1. The lowest BCUT2D eigenvalue weighted by atomic mass is 9.99. The highest BCUT2D eigenvalue weighted by Gasteiger charge is 2.18. The van der Waals surface area contributed by atoms with Gasteiger partial charge in [-0.15, -0.1) is 10.2 Å². The van der Waals surface area contributed by atoms with Crippen molar-refractivity contribution in [1.29, 1.82) is 0 Å². The Balaban J connectivity index is 1.77. The summed E-state index contributed by atoms with van der Waals surface area (Å²) in [6, 6.07) is 0. The molecule has 0 aliphatic carbocycles. The van der Waals surface area contributed by atoms with Crippen molar-refractivity contribution >= 4 is 22.4 Å². The second kappa shape index (κ2) is 6.96. The van der Waals surface area contributed by atoms with Crippen LogP contribution in [0.1, 0.15) is 38.1 Å². The Morgan fingerprint density at radius 2 is 2.16 bits per heavy atom. The number of likely N-dealkylation sites (tertiary alicyclic amines) is 1. The molecule has 2 rings (SSSR count). The summed E-state index contributed by atoms with van der Waals surface area (Å²) in [6.45, 7) is 6.89. The van der Waals surface area contributed by atoms with Gasteiger partial charge in [0.1, 0.15) is 5.01 Å². The number of nitrogens with one attached hydrogen (secondary N) is 1. The van der Waals surface area contributed by atoms with Crippen molar-refractivity contribution in [2.24, 2.45) is 5.92 Å². The van der Waals surface area contributed by atoms with E-state index in [4.69, 9.17) is 0 Å². The summed E-state index contributed by atoms with van der Waals surface area (Å²) in [5.74, 6) is 0.813. The third-order valence-corrected chi connectivity index (χ3v) is 4.32. The smallest absolute Gasteiger partial charge is 0.240 e. The van der Waals surface area contributed by atoms with Crippen molar-refractivity contribution in [3.8, 4) is 0 Å². The summed E-state index contributed by atoms with van der Waals surface area (Å²) < 4.78 is 0. The van der Waals surface area contributed by atoms with E-state index in [1.165, 1.54) is 24.2 Å². The molecule has 0 unspecified atom stereocenters. The highest BCUT2D eigenvalue weighted by Crippen LogP contribution is 2.18. The molecule has 0 saturated carbocycles. The van der Waals surface area contributed by atoms with E-state index in [1.807, 2.05) is 0 Å². The van der Waals surface area contributed by atoms with Crippen LogP contribution in [0, 0.1) is 5.92 Å². The second-order valence-corrected chi connectivity index (χ2v) is 6.32. The maximum absolute atomic E-state index is 11.9. The van der Waals surface area contributed by atoms with E-state index in [2.05, 4.69) is 34.3 Å². The van der Waals surface area contributed by atoms with Crippen molar-refractivity contribution in [3.63, 3.8) is 0 Å². The van der Waals surface area contributed by atoms with Crippen LogP contribution in [0.15, 0.2) is 0 Å². The maximum Gasteiger partial charge on any atom is 0.240 e. The minimum absolute atomic E-state index is 0.0220. The van der Waals surface area contributed by atoms with E-state index in [0.717, 1.165) is 36.9 Å². The minimum Gasteiger partial charge on any atom is -0.299 e. The molecule has 0 radical (unpaired) electrons. The zero-order valence-electron chi connectivity index (χ0n) is 11.7. The average Bonchev–Trinajstić information content (AvgIpc) is 2.80. The van der Waals surface area contributed by atoms with Crippen LogP contribution in [0.3, 0.4) is 0 Å². The van der Waals surface area contributed by atoms with Gasteiger partial charge in [0, 0.05) is 6.42 Å². The van der Waals surface area contributed by atoms with Crippen LogP contribution in [-0.4, -0.2) is 40.6 Å². The normalized spacial score (nSPS) is 17.6. The monoisotopic (exact) mass is 282 g/mol. The average molecular weight is 282 g/mol. The van der Waals surface area contributed by atoms with Gasteiger partial charge in [-0.1, -0.05) is 25.2 Å². The van der Waals surface area contributed by atoms with Crippen LogP contribution < -0.4 is 5.32 Å². The first-order chi connectivity index (χ1) is 9.17. The van der Waals surface area contributed by atoms with Crippen LogP contribution in [0.5, 0.6) is 0 Å². The number of hydrogen-bond acceptors (Lipinski definition) is 5. The fourth-order valence-electron chi connectivity index (χ4n) is 2.20. The number of piperidine rings is 1. The molecule has 6 heteroatoms. The first kappa shape index (κ1) is 14.4. The van der Waals surface area contributed by atoms with E-state index in [1.54, 1.807) is 0 Å². The molecule has 1 fully saturated rings. The number of hydrogen-bond donors (Lipinski definition) is 1. The van der Waals surface area contributed by atoms with Crippen molar-refractivity contribution in [2.45, 2.75) is 39.5 Å². The van der Waals surface area contributed by atoms with Crippen molar-refractivity contribution in [1.82, 2.24) is 15.1 Å². The molecule has 1 aliphatic rings. The second-order valence-electron chi connectivity index (χ2n) is 5.26. The zero-order chi connectivity index (χ0) is 13.7. The topological polar surface area (TPSA) is 58.1 Å². The van der Waals surface area contributed by atoms with Crippen molar-refractivity contribution in [2.75, 3.05) is 25.0 Å². The summed E-state index contributed by atoms with van der Waals surface area (Å²) >= 11 is 1.48. The third kappa shape index (κ3) is 4.54. The fourth-order valence-corrected chi connectivity index (χ4v) is 3.06. The quantitative estimate of drug-likeness (QED) is 0.899. The van der Waals surface area contributed by atoms with Crippen LogP contribution in [-0.2, 0) is 11.2 Å². The van der Waals surface area contributed by atoms with Gasteiger partial charge in [-0.3, -0.25) is 15.0 Å². The summed E-state index contributed by atoms with van der Waals surface area (Å²) in [6.07, 6.45) is 4.35. The zero-order valence-corrected chi connectivity index (χ0v) is 12.5. The molecule has 1 N–H and O–H groups in total. The molecule has 0 atom stereocenters. The van der Waals surface area contributed by atoms with Crippen molar-refractivity contribution in [3.05, 3.63) is 5.01 Å². The predicted molar refractivity (Wildman–Crippen MR) is 77.4 cm³/mol. The molecule has 19 heavy (non-hydrogen) atoms. The summed E-state index contributed by atoms with van der Waals surface area (Å²) in [5, 5.41) is 12.5. The number of nitrogens with zero attached hydrogens (tertiary/aromatic N) is 3. The number of anilines is 1. The fraction of sp³-hybridized carbons (Fsp3) is 0.769. The Morgan fingerprint density at radius 3 is 2.84 bits per heavy atom. The summed E-state index contributed by atoms with van der Waals surface area (Å²) in [5.41, 5.74) is 0. The van der Waals surface area contributed by atoms with Gasteiger partial charge in [-0.25, -0.2) is 0 Å². The van der Waals surface area contributed by atoms with Crippen molar-refractivity contribution < 1.29 is 4.79 Å². The molecule has 1 saturated heterocycles. The van der Waals surface area contributed by atoms with E-state index in [-0.39, 0.29) is 5.91 Å². The predicted octanol–water partition coefficient (Wildman–Crippen LogP) is 2.16. The molecule has 0 aromatic carbocycles. The molecular formula is C13H22N4OS. The van der Waals surface area contributed by atoms with Crippen LogP contribution in [0.4, 0.5) is 5.13 Å². The SMILES string of the molecule is CCCc1nnc(NC(=O)CN2CCC(C)CC2)s1. The molecule has 0 spiro atoms. The van der Waals surface area contributed by atoms with Gasteiger partial charge >= 0.3 is 0 Å². The third-order valence-electron chi connectivity index (χ3n) is 3.42. The van der Waals surface area contributed by atoms with E-state index in [0.29, 0.717) is 11.7 Å². The van der Waals surface area contributed by atoms with Gasteiger partial charge in [0.05, 0.1) is 6.54 Å². The number of carbonyl (C=O) groups excluding carboxylic acids is 1. The van der Waals surface area contributed by atoms with E-state index < -0.39 is 0 Å². The Bertz CT molecular complexity index is 413. The van der Waals surface area contributed by atoms with E-state index in [9.17, 15) is 4.79 Å². The standard InChI is InChI=1S/C13H22N4OS/c1-3-4-12-15-16-13(19-12)14-11(18)9-17-7-5-10(2)6-8-17/h10H,3-9H2,1-2H3,(H,14,16,18). The van der Waals surface area contributed by atoms with Gasteiger partial charge in [0.25, 0.3) is 0 Å². The van der Waals surface area contributed by atoms with Gasteiger partial charge in [0.15, 0.2) is 0 Å². The first-order valence-electron chi connectivity index (χ1n) is 7.02. The Hall–Kier alpha value is -1.01. The molecule has 5 nitrogen and oxygen atoms in total. The minimum atomic E-state index is 0.0220. The largest absolute Gasteiger partial charge is 0.299 e. The van der Waals surface area contributed by atoms with Gasteiger partial charge in [-0.2, -0.15) is 0 Å². The number of carbonyl (C=O) groups is 1. The molecule has 1 aliphatic heterocycles. The molecule has 1 aromatic rings. The first-order valence-corrected chi connectivity index (χ1v) is 7.83. The van der Waals surface area contributed by atoms with Gasteiger partial charge < -0.3 is 0 Å². The summed E-state index contributed by atoms with van der Waals surface area (Å²) in [4.78, 5) is 14.1. The Morgan fingerprint density at radius 1 is 1.42 bits per heavy atom. The van der Waals surface area contributed by atoms with Crippen LogP contribution in [0.25, 0.3) is 0 Å². The molecule has 1 aromatic heterocycles. The van der Waals surface area contributed by atoms with E-state index >= 15 is 0 Å². The number of aryl methyl sites for hydroxylation is 1. The molecule has 0 bridgehead atoms. The lowest BCUT2D eigenvalue weighted by molar-refractivity contribution is -0.117. The van der Waals surface area contributed by atoms with Gasteiger partial charge in [0.2, 0.25) is 11.0 Å². The molecular weight excluding hydrogens is 260 g/mol. The van der Waals surface area contributed by atoms with Crippen LogP contribution in [0.2, 0.25) is 0 Å². The Labute approximate surface area is 118 Å². The molecule has 2 heterocycles. The summed E-state index contributed by atoms with van der Waals surface area (Å²) in [7, 11) is 0. The van der Waals surface area contributed by atoms with Crippen LogP contribution >= 0.6 is 11.3 Å². The number of amides is 1. The lowest BCUT2D eigenvalue weighted by Crippen LogP contribution is -2.38. The Kier molecular flexibility index (Phi) is 5.27.